The van der Waals surface area contributed by atoms with Crippen LogP contribution >= 0.6 is 0 Å². The number of fused-ring (bicyclic) bond motifs is 1. The molecule has 31 heavy (non-hydrogen) atoms. The van der Waals surface area contributed by atoms with Gasteiger partial charge in [-0.25, -0.2) is 0 Å². The number of hydrogen-bond acceptors (Lipinski definition) is 2. The highest BCUT2D eigenvalue weighted by Gasteiger charge is 2.21. The molecule has 0 N–H and O–H groups in total. The van der Waals surface area contributed by atoms with Gasteiger partial charge in [0.2, 0.25) is 0 Å². The van der Waals surface area contributed by atoms with E-state index >= 15 is 0 Å². The Morgan fingerprint density at radius 3 is 2.39 bits per heavy atom. The third-order valence-corrected chi connectivity index (χ3v) is 6.93. The molecule has 2 heteroatoms. The highest BCUT2D eigenvalue weighted by Crippen LogP contribution is 2.31. The first-order valence-corrected chi connectivity index (χ1v) is 11.4. The normalized spacial score (nSPS) is 15.4. The van der Waals surface area contributed by atoms with Gasteiger partial charge in [0.25, 0.3) is 0 Å². The third kappa shape index (κ3) is 4.26. The van der Waals surface area contributed by atoms with Crippen molar-refractivity contribution >= 4 is 10.9 Å². The molecule has 1 aliphatic heterocycles. The molecule has 0 atom stereocenters. The standard InChI is InChI=1S/C29H30N2/c1-21-6-5-8-28(22(21)2)25-12-10-23(11-13-25)24-16-18-31(19-17-24)20-27-15-14-26-7-3-4-9-29(26)30-27/h3-15,24H,16-20H2,1-2H3. The maximum absolute atomic E-state index is 4.86. The molecule has 1 saturated heterocycles. The van der Waals surface area contributed by atoms with Crippen LogP contribution in [0.1, 0.15) is 41.1 Å². The summed E-state index contributed by atoms with van der Waals surface area (Å²) in [5.74, 6) is 0.661. The van der Waals surface area contributed by atoms with E-state index in [0.29, 0.717) is 5.92 Å². The molecule has 2 nitrogen and oxygen atoms in total. The van der Waals surface area contributed by atoms with Crippen LogP contribution < -0.4 is 0 Å². The monoisotopic (exact) mass is 406 g/mol. The zero-order valence-corrected chi connectivity index (χ0v) is 18.5. The van der Waals surface area contributed by atoms with Gasteiger partial charge >= 0.3 is 0 Å². The smallest absolute Gasteiger partial charge is 0.0705 e. The van der Waals surface area contributed by atoms with Crippen molar-refractivity contribution in [3.63, 3.8) is 0 Å². The molecule has 1 fully saturated rings. The summed E-state index contributed by atoms with van der Waals surface area (Å²) in [5, 5.41) is 1.22. The van der Waals surface area contributed by atoms with E-state index in [4.69, 9.17) is 4.98 Å². The second kappa shape index (κ2) is 8.64. The Kier molecular flexibility index (Phi) is 5.57. The first-order valence-electron chi connectivity index (χ1n) is 11.4. The van der Waals surface area contributed by atoms with Gasteiger partial charge in [-0.15, -0.1) is 0 Å². The number of aryl methyl sites for hydroxylation is 1. The van der Waals surface area contributed by atoms with E-state index in [-0.39, 0.29) is 0 Å². The summed E-state index contributed by atoms with van der Waals surface area (Å²) in [6.45, 7) is 7.63. The molecule has 0 unspecified atom stereocenters. The molecule has 3 aromatic carbocycles. The lowest BCUT2D eigenvalue weighted by Gasteiger charge is -2.32. The number of piperidine rings is 1. The lowest BCUT2D eigenvalue weighted by Crippen LogP contribution is -2.32. The highest BCUT2D eigenvalue weighted by atomic mass is 15.1. The molecule has 2 heterocycles. The van der Waals surface area contributed by atoms with Crippen molar-refractivity contribution in [1.82, 2.24) is 9.88 Å². The van der Waals surface area contributed by atoms with Crippen LogP contribution in [-0.2, 0) is 6.54 Å². The van der Waals surface area contributed by atoms with E-state index < -0.39 is 0 Å². The SMILES string of the molecule is Cc1cccc(-c2ccc(C3CCN(Cc4ccc5ccccc5n4)CC3)cc2)c1C. The molecule has 1 aromatic heterocycles. The molecule has 4 aromatic rings. The van der Waals surface area contributed by atoms with E-state index in [9.17, 15) is 0 Å². The largest absolute Gasteiger partial charge is 0.297 e. The molecule has 0 amide bonds. The number of nitrogens with zero attached hydrogens (tertiary/aromatic N) is 2. The summed E-state index contributed by atoms with van der Waals surface area (Å²) in [7, 11) is 0. The van der Waals surface area contributed by atoms with Crippen LogP contribution in [0.15, 0.2) is 78.9 Å². The van der Waals surface area contributed by atoms with Gasteiger partial charge in [0, 0.05) is 11.9 Å². The fraction of sp³-hybridized carbons (Fsp3) is 0.276. The fourth-order valence-electron chi connectivity index (χ4n) is 4.85. The third-order valence-electron chi connectivity index (χ3n) is 6.93. The molecule has 0 bridgehead atoms. The molecular formula is C29H30N2. The predicted molar refractivity (Wildman–Crippen MR) is 130 cm³/mol. The Morgan fingerprint density at radius 2 is 1.58 bits per heavy atom. The van der Waals surface area contributed by atoms with E-state index in [2.05, 4.69) is 97.6 Å². The van der Waals surface area contributed by atoms with Crippen molar-refractivity contribution in [3.8, 4) is 11.1 Å². The molecule has 156 valence electrons. The van der Waals surface area contributed by atoms with Crippen LogP contribution in [0.4, 0.5) is 0 Å². The zero-order valence-electron chi connectivity index (χ0n) is 18.5. The summed E-state index contributed by atoms with van der Waals surface area (Å²) in [5.41, 5.74) is 9.17. The number of para-hydroxylation sites is 1. The maximum atomic E-state index is 4.86. The van der Waals surface area contributed by atoms with Gasteiger partial charge in [-0.3, -0.25) is 9.88 Å². The van der Waals surface area contributed by atoms with Crippen LogP contribution in [0.5, 0.6) is 0 Å². The molecule has 0 radical (unpaired) electrons. The van der Waals surface area contributed by atoms with Crippen LogP contribution in [0.3, 0.4) is 0 Å². The van der Waals surface area contributed by atoms with Gasteiger partial charge in [0.05, 0.1) is 11.2 Å². The van der Waals surface area contributed by atoms with Crippen molar-refractivity contribution in [3.05, 3.63) is 101 Å². The number of pyridine rings is 1. The van der Waals surface area contributed by atoms with Crippen LogP contribution in [0, 0.1) is 13.8 Å². The summed E-state index contributed by atoms with van der Waals surface area (Å²) in [6.07, 6.45) is 2.44. The Labute approximate surface area is 185 Å². The number of rotatable bonds is 4. The second-order valence-electron chi connectivity index (χ2n) is 8.92. The minimum absolute atomic E-state index is 0.661. The Bertz CT molecular complexity index is 1190. The topological polar surface area (TPSA) is 16.1 Å². The van der Waals surface area contributed by atoms with Crippen molar-refractivity contribution in [2.24, 2.45) is 0 Å². The van der Waals surface area contributed by atoms with Crippen LogP contribution in [0.25, 0.3) is 22.0 Å². The lowest BCUT2D eigenvalue weighted by atomic mass is 9.88. The number of benzene rings is 3. The number of aromatic nitrogens is 1. The highest BCUT2D eigenvalue weighted by molar-refractivity contribution is 5.78. The average molecular weight is 407 g/mol. The number of hydrogen-bond donors (Lipinski definition) is 0. The summed E-state index contributed by atoms with van der Waals surface area (Å²) >= 11 is 0. The van der Waals surface area contributed by atoms with E-state index in [1.54, 1.807) is 0 Å². The van der Waals surface area contributed by atoms with Crippen LogP contribution in [-0.4, -0.2) is 23.0 Å². The van der Waals surface area contributed by atoms with Gasteiger partial charge in [-0.1, -0.05) is 66.7 Å². The van der Waals surface area contributed by atoms with E-state index in [1.807, 2.05) is 0 Å². The van der Waals surface area contributed by atoms with Gasteiger partial charge < -0.3 is 0 Å². The second-order valence-corrected chi connectivity index (χ2v) is 8.92. The summed E-state index contributed by atoms with van der Waals surface area (Å²) in [6, 6.07) is 28.6. The van der Waals surface area contributed by atoms with Gasteiger partial charge in [0.15, 0.2) is 0 Å². The Hall–Kier alpha value is -2.97. The van der Waals surface area contributed by atoms with Crippen LogP contribution in [0.2, 0.25) is 0 Å². The van der Waals surface area contributed by atoms with Crippen molar-refractivity contribution in [2.75, 3.05) is 13.1 Å². The minimum Gasteiger partial charge on any atom is -0.297 e. The van der Waals surface area contributed by atoms with Gasteiger partial charge in [-0.05, 0) is 85.6 Å². The lowest BCUT2D eigenvalue weighted by molar-refractivity contribution is 0.203. The number of likely N-dealkylation sites (tertiary alicyclic amines) is 1. The van der Waals surface area contributed by atoms with Crippen molar-refractivity contribution in [1.29, 1.82) is 0 Å². The maximum Gasteiger partial charge on any atom is 0.0705 e. The summed E-state index contributed by atoms with van der Waals surface area (Å²) < 4.78 is 0. The van der Waals surface area contributed by atoms with E-state index in [0.717, 1.165) is 25.2 Å². The molecule has 0 spiro atoms. The molecule has 1 aliphatic rings. The van der Waals surface area contributed by atoms with Gasteiger partial charge in [0.1, 0.15) is 0 Å². The predicted octanol–water partition coefficient (Wildman–Crippen LogP) is 6.90. The molecule has 0 aliphatic carbocycles. The first kappa shape index (κ1) is 20.0. The first-order chi connectivity index (χ1) is 15.2. The molecule has 0 saturated carbocycles. The minimum atomic E-state index is 0.661. The van der Waals surface area contributed by atoms with E-state index in [1.165, 1.54) is 51.7 Å². The average Bonchev–Trinajstić information content (AvgIpc) is 2.81. The van der Waals surface area contributed by atoms with Crippen molar-refractivity contribution in [2.45, 2.75) is 39.2 Å². The summed E-state index contributed by atoms with van der Waals surface area (Å²) in [4.78, 5) is 7.41. The van der Waals surface area contributed by atoms with Crippen molar-refractivity contribution < 1.29 is 0 Å². The van der Waals surface area contributed by atoms with Gasteiger partial charge in [-0.2, -0.15) is 0 Å². The fourth-order valence-corrected chi connectivity index (χ4v) is 4.85. The quantitative estimate of drug-likeness (QED) is 0.366. The Morgan fingerprint density at radius 1 is 0.806 bits per heavy atom. The molecule has 5 rings (SSSR count). The zero-order chi connectivity index (χ0) is 21.2. The molecular weight excluding hydrogens is 376 g/mol. The Balaban J connectivity index is 1.22.